The van der Waals surface area contributed by atoms with E-state index in [0.717, 1.165) is 11.8 Å². The summed E-state index contributed by atoms with van der Waals surface area (Å²) in [6, 6.07) is 15.4. The minimum Gasteiger partial charge on any atom is -0.508 e. The molecule has 0 bridgehead atoms. The number of benzene rings is 2. The lowest BCUT2D eigenvalue weighted by atomic mass is 9.84. The maximum absolute atomic E-state index is 9.16. The van der Waals surface area contributed by atoms with Crippen LogP contribution in [-0.2, 0) is 4.79 Å². The van der Waals surface area contributed by atoms with Crippen LogP contribution in [0.5, 0.6) is 11.5 Å². The number of hydrogen-bond acceptors (Lipinski definition) is 3. The van der Waals surface area contributed by atoms with Crippen molar-refractivity contribution in [3.63, 3.8) is 0 Å². The van der Waals surface area contributed by atoms with Gasteiger partial charge in [0.1, 0.15) is 18.3 Å². The molecule has 0 radical (unpaired) electrons. The Balaban J connectivity index is 0.000000184. The standard InChI is InChI=1S/2C12H16O.CH2O/c2*13-12-8-6-11(7-9-12)10-4-2-1-3-5-10;1-2/h2*6-10,13H,1-5H2;1H2. The summed E-state index contributed by atoms with van der Waals surface area (Å²) in [6.45, 7) is 2.00. The summed E-state index contributed by atoms with van der Waals surface area (Å²) in [5.41, 5.74) is 2.80. The molecule has 2 aliphatic carbocycles. The molecule has 0 saturated heterocycles. The molecule has 0 aliphatic heterocycles. The van der Waals surface area contributed by atoms with E-state index in [0.29, 0.717) is 11.5 Å². The van der Waals surface area contributed by atoms with Gasteiger partial charge in [0, 0.05) is 0 Å². The number of hydrogen-bond donors (Lipinski definition) is 2. The smallest absolute Gasteiger partial charge is 0.115 e. The average molecular weight is 383 g/mol. The van der Waals surface area contributed by atoms with Gasteiger partial charge in [-0.15, -0.1) is 0 Å². The lowest BCUT2D eigenvalue weighted by Crippen LogP contribution is -2.03. The van der Waals surface area contributed by atoms with E-state index in [-0.39, 0.29) is 0 Å². The first kappa shape index (κ1) is 22.0. The lowest BCUT2D eigenvalue weighted by Gasteiger charge is -2.21. The van der Waals surface area contributed by atoms with Crippen molar-refractivity contribution >= 4 is 6.79 Å². The van der Waals surface area contributed by atoms with Crippen LogP contribution in [-0.4, -0.2) is 17.0 Å². The molecule has 3 nitrogen and oxygen atoms in total. The predicted molar refractivity (Wildman–Crippen MR) is 115 cm³/mol. The fourth-order valence-corrected chi connectivity index (χ4v) is 4.36. The van der Waals surface area contributed by atoms with Gasteiger partial charge in [-0.1, -0.05) is 62.8 Å². The van der Waals surface area contributed by atoms with Crippen LogP contribution in [0.25, 0.3) is 0 Å². The van der Waals surface area contributed by atoms with Gasteiger partial charge in [-0.2, -0.15) is 0 Å². The van der Waals surface area contributed by atoms with Crippen molar-refractivity contribution in [3.05, 3.63) is 59.7 Å². The van der Waals surface area contributed by atoms with Crippen molar-refractivity contribution in [2.45, 2.75) is 76.0 Å². The molecule has 0 spiro atoms. The Bertz CT molecular complexity index is 592. The van der Waals surface area contributed by atoms with Crippen LogP contribution in [0.15, 0.2) is 48.5 Å². The molecule has 0 atom stereocenters. The van der Waals surface area contributed by atoms with Gasteiger partial charge in [-0.3, -0.25) is 0 Å². The second-order valence-corrected chi connectivity index (χ2v) is 7.85. The average Bonchev–Trinajstić information content (AvgIpc) is 2.78. The maximum atomic E-state index is 9.16. The Morgan fingerprint density at radius 1 is 0.536 bits per heavy atom. The van der Waals surface area contributed by atoms with Gasteiger partial charge in [0.05, 0.1) is 0 Å². The summed E-state index contributed by atoms with van der Waals surface area (Å²) in [7, 11) is 0. The molecule has 2 aromatic rings. The highest BCUT2D eigenvalue weighted by Gasteiger charge is 2.15. The number of phenolic OH excluding ortho intramolecular Hbond substituents is 2. The number of aromatic hydroxyl groups is 2. The van der Waals surface area contributed by atoms with Crippen molar-refractivity contribution in [3.8, 4) is 11.5 Å². The molecule has 0 aromatic heterocycles. The van der Waals surface area contributed by atoms with E-state index in [1.807, 2.05) is 6.79 Å². The van der Waals surface area contributed by atoms with Crippen LogP contribution in [0, 0.1) is 0 Å². The number of phenols is 2. The van der Waals surface area contributed by atoms with Crippen molar-refractivity contribution < 1.29 is 15.0 Å². The summed E-state index contributed by atoms with van der Waals surface area (Å²) in [4.78, 5) is 8.00. The first-order chi connectivity index (χ1) is 13.7. The maximum Gasteiger partial charge on any atom is 0.115 e. The molecule has 0 heterocycles. The Morgan fingerprint density at radius 3 is 1.11 bits per heavy atom. The molecule has 0 amide bonds. The van der Waals surface area contributed by atoms with Gasteiger partial charge < -0.3 is 15.0 Å². The van der Waals surface area contributed by atoms with Gasteiger partial charge in [0.15, 0.2) is 0 Å². The molecule has 2 aromatic carbocycles. The minimum atomic E-state index is 0.375. The normalized spacial score (nSPS) is 17.6. The van der Waals surface area contributed by atoms with Crippen molar-refractivity contribution in [1.29, 1.82) is 0 Å². The Kier molecular flexibility index (Phi) is 9.61. The SMILES string of the molecule is C=O.Oc1ccc(C2CCCCC2)cc1.Oc1ccc(C2CCCCC2)cc1. The van der Waals surface area contributed by atoms with Crippen molar-refractivity contribution in [2.75, 3.05) is 0 Å². The third-order valence-corrected chi connectivity index (χ3v) is 5.94. The van der Waals surface area contributed by atoms with Gasteiger partial charge in [-0.25, -0.2) is 0 Å². The molecule has 2 fully saturated rings. The highest BCUT2D eigenvalue weighted by Crippen LogP contribution is 2.33. The van der Waals surface area contributed by atoms with E-state index in [2.05, 4.69) is 24.3 Å². The van der Waals surface area contributed by atoms with Gasteiger partial charge in [0.2, 0.25) is 0 Å². The van der Waals surface area contributed by atoms with Crippen molar-refractivity contribution in [2.24, 2.45) is 0 Å². The molecule has 2 N–H and O–H groups in total. The second-order valence-electron chi connectivity index (χ2n) is 7.85. The van der Waals surface area contributed by atoms with Crippen LogP contribution in [0.3, 0.4) is 0 Å². The monoisotopic (exact) mass is 382 g/mol. The van der Waals surface area contributed by atoms with E-state index in [1.54, 1.807) is 24.3 Å². The summed E-state index contributed by atoms with van der Waals surface area (Å²) >= 11 is 0. The van der Waals surface area contributed by atoms with E-state index >= 15 is 0 Å². The molecule has 152 valence electrons. The fourth-order valence-electron chi connectivity index (χ4n) is 4.36. The highest BCUT2D eigenvalue weighted by atomic mass is 16.3. The van der Waals surface area contributed by atoms with Gasteiger partial charge in [0.25, 0.3) is 0 Å². The first-order valence-electron chi connectivity index (χ1n) is 10.6. The molecule has 2 aliphatic rings. The van der Waals surface area contributed by atoms with Crippen LogP contribution >= 0.6 is 0 Å². The third kappa shape index (κ3) is 7.03. The zero-order valence-corrected chi connectivity index (χ0v) is 16.9. The van der Waals surface area contributed by atoms with Gasteiger partial charge >= 0.3 is 0 Å². The van der Waals surface area contributed by atoms with Crippen LogP contribution < -0.4 is 0 Å². The Labute approximate surface area is 169 Å². The Morgan fingerprint density at radius 2 is 0.821 bits per heavy atom. The molecular formula is C25H34O3. The lowest BCUT2D eigenvalue weighted by molar-refractivity contribution is -0.0979. The largest absolute Gasteiger partial charge is 0.508 e. The highest BCUT2D eigenvalue weighted by molar-refractivity contribution is 5.29. The minimum absolute atomic E-state index is 0.375. The summed E-state index contributed by atoms with van der Waals surface area (Å²) < 4.78 is 0. The van der Waals surface area contributed by atoms with E-state index < -0.39 is 0 Å². The first-order valence-corrected chi connectivity index (χ1v) is 10.6. The van der Waals surface area contributed by atoms with Crippen molar-refractivity contribution in [1.82, 2.24) is 0 Å². The summed E-state index contributed by atoms with van der Waals surface area (Å²) in [5.74, 6) is 2.24. The molecule has 3 heteroatoms. The molecule has 4 rings (SSSR count). The topological polar surface area (TPSA) is 57.5 Å². The van der Waals surface area contributed by atoms with Crippen LogP contribution in [0.4, 0.5) is 0 Å². The van der Waals surface area contributed by atoms with Crippen LogP contribution in [0.2, 0.25) is 0 Å². The summed E-state index contributed by atoms with van der Waals surface area (Å²) in [5, 5.41) is 18.3. The second kappa shape index (κ2) is 12.2. The quantitative estimate of drug-likeness (QED) is 0.608. The van der Waals surface area contributed by atoms with E-state index in [9.17, 15) is 0 Å². The predicted octanol–water partition coefficient (Wildman–Crippen LogP) is 6.69. The third-order valence-electron chi connectivity index (χ3n) is 5.94. The summed E-state index contributed by atoms with van der Waals surface area (Å²) in [6.07, 6.45) is 13.6. The van der Waals surface area contributed by atoms with E-state index in [4.69, 9.17) is 15.0 Å². The number of carbonyl (C=O) groups is 1. The number of carbonyl (C=O) groups excluding carboxylic acids is 1. The molecular weight excluding hydrogens is 348 g/mol. The zero-order valence-electron chi connectivity index (χ0n) is 16.9. The van der Waals surface area contributed by atoms with E-state index in [1.165, 1.54) is 75.3 Å². The van der Waals surface area contributed by atoms with Gasteiger partial charge in [-0.05, 0) is 72.9 Å². The molecule has 2 saturated carbocycles. The molecule has 0 unspecified atom stereocenters. The number of rotatable bonds is 2. The van der Waals surface area contributed by atoms with Crippen LogP contribution in [0.1, 0.15) is 87.2 Å². The molecule has 28 heavy (non-hydrogen) atoms. The Hall–Kier alpha value is -2.29. The zero-order chi connectivity index (χ0) is 20.2. The fraction of sp³-hybridized carbons (Fsp3) is 0.480.